The minimum absolute atomic E-state index is 0.0247. The third-order valence-electron chi connectivity index (χ3n) is 3.87. The van der Waals surface area contributed by atoms with E-state index in [0.29, 0.717) is 11.3 Å². The summed E-state index contributed by atoms with van der Waals surface area (Å²) in [5.41, 5.74) is 0.203. The van der Waals surface area contributed by atoms with E-state index >= 15 is 0 Å². The Morgan fingerprint density at radius 2 is 1.63 bits per heavy atom. The van der Waals surface area contributed by atoms with Crippen molar-refractivity contribution in [2.24, 2.45) is 0 Å². The fourth-order valence-electron chi connectivity index (χ4n) is 2.52. The van der Waals surface area contributed by atoms with E-state index in [1.54, 1.807) is 30.3 Å². The van der Waals surface area contributed by atoms with Gasteiger partial charge in [0.15, 0.2) is 10.6 Å². The summed E-state index contributed by atoms with van der Waals surface area (Å²) in [5, 5.41) is 2.55. The lowest BCUT2D eigenvalue weighted by Crippen LogP contribution is -2.18. The Bertz CT molecular complexity index is 1270. The molecule has 3 rings (SSSR count). The summed E-state index contributed by atoms with van der Waals surface area (Å²) in [6.07, 6.45) is -0.340. The summed E-state index contributed by atoms with van der Waals surface area (Å²) < 4.78 is 27.1. The Kier molecular flexibility index (Phi) is 6.23. The minimum atomic E-state index is -3.99. The molecule has 1 amide bonds. The molecule has 154 valence electrons. The number of hydrogen-bond donors (Lipinski definition) is 4. The van der Waals surface area contributed by atoms with Gasteiger partial charge in [-0.1, -0.05) is 30.3 Å². The number of nitrogens with one attached hydrogen (secondary N) is 4. The SMILES string of the molecule is O=C(CC(=O)c1ccccc1)Nc1ccc(S(=O)(=O)Nc2cc(=O)[nH]c(=S)[nH]2)cc1. The molecule has 0 radical (unpaired) electrons. The number of carbonyl (C=O) groups excluding carboxylic acids is 2. The van der Waals surface area contributed by atoms with Crippen molar-refractivity contribution in [3.63, 3.8) is 0 Å². The fourth-order valence-corrected chi connectivity index (χ4v) is 3.74. The molecule has 0 bridgehead atoms. The van der Waals surface area contributed by atoms with Crippen LogP contribution in [0, 0.1) is 4.77 Å². The van der Waals surface area contributed by atoms with Gasteiger partial charge in [-0.15, -0.1) is 0 Å². The Morgan fingerprint density at radius 1 is 0.967 bits per heavy atom. The highest BCUT2D eigenvalue weighted by Crippen LogP contribution is 2.17. The van der Waals surface area contributed by atoms with Crippen LogP contribution in [0.25, 0.3) is 0 Å². The van der Waals surface area contributed by atoms with E-state index in [-0.39, 0.29) is 27.7 Å². The number of aromatic amines is 2. The molecule has 0 unspecified atom stereocenters. The van der Waals surface area contributed by atoms with Crippen LogP contribution in [-0.2, 0) is 14.8 Å². The van der Waals surface area contributed by atoms with Crippen LogP contribution in [0.4, 0.5) is 11.5 Å². The van der Waals surface area contributed by atoms with Crippen LogP contribution in [-0.4, -0.2) is 30.1 Å². The third kappa shape index (κ3) is 5.49. The van der Waals surface area contributed by atoms with Gasteiger partial charge < -0.3 is 10.3 Å². The first-order valence-corrected chi connectivity index (χ1v) is 10.5. The molecule has 0 spiro atoms. The first-order valence-electron chi connectivity index (χ1n) is 8.57. The van der Waals surface area contributed by atoms with Crippen molar-refractivity contribution in [1.82, 2.24) is 9.97 Å². The summed E-state index contributed by atoms with van der Waals surface area (Å²) in [5.74, 6) is -0.930. The van der Waals surface area contributed by atoms with Crippen LogP contribution in [0.2, 0.25) is 0 Å². The molecule has 9 nitrogen and oxygen atoms in total. The number of anilines is 2. The fraction of sp³-hybridized carbons (Fsp3) is 0.0526. The van der Waals surface area contributed by atoms with Gasteiger partial charge in [0, 0.05) is 17.3 Å². The van der Waals surface area contributed by atoms with Gasteiger partial charge in [0.25, 0.3) is 15.6 Å². The van der Waals surface area contributed by atoms with E-state index in [4.69, 9.17) is 12.2 Å². The average Bonchev–Trinajstić information content (AvgIpc) is 2.67. The van der Waals surface area contributed by atoms with E-state index in [9.17, 15) is 22.8 Å². The standard InChI is InChI=1S/C19H16N4O5S2/c24-15(12-4-2-1-3-5-12)10-17(25)20-13-6-8-14(9-7-13)30(27,28)23-16-11-18(26)22-19(29)21-16/h1-9,11H,10H2,(H,20,25)(H3,21,22,23,26,29). The van der Waals surface area contributed by atoms with Crippen molar-refractivity contribution < 1.29 is 18.0 Å². The van der Waals surface area contributed by atoms with Crippen LogP contribution in [0.5, 0.6) is 0 Å². The van der Waals surface area contributed by atoms with Crippen LogP contribution < -0.4 is 15.6 Å². The molecule has 0 aliphatic rings. The number of rotatable bonds is 7. The molecule has 11 heteroatoms. The molecule has 0 saturated carbocycles. The molecule has 30 heavy (non-hydrogen) atoms. The molecule has 0 fully saturated rings. The number of amides is 1. The lowest BCUT2D eigenvalue weighted by atomic mass is 10.1. The van der Waals surface area contributed by atoms with Crippen molar-refractivity contribution in [2.45, 2.75) is 11.3 Å². The largest absolute Gasteiger partial charge is 0.326 e. The van der Waals surface area contributed by atoms with Gasteiger partial charge in [-0.25, -0.2) is 8.42 Å². The molecule has 4 N–H and O–H groups in total. The van der Waals surface area contributed by atoms with Gasteiger partial charge in [0.05, 0.1) is 11.3 Å². The Labute approximate surface area is 176 Å². The van der Waals surface area contributed by atoms with Gasteiger partial charge in [-0.2, -0.15) is 0 Å². The Balaban J connectivity index is 1.66. The second kappa shape index (κ2) is 8.84. The van der Waals surface area contributed by atoms with Gasteiger partial charge in [-0.05, 0) is 36.5 Å². The first kappa shape index (κ1) is 21.1. The van der Waals surface area contributed by atoms with Gasteiger partial charge in [-0.3, -0.25) is 24.1 Å². The van der Waals surface area contributed by atoms with Gasteiger partial charge in [0.2, 0.25) is 5.91 Å². The van der Waals surface area contributed by atoms with Crippen molar-refractivity contribution in [3.05, 3.63) is 81.4 Å². The second-order valence-corrected chi connectivity index (χ2v) is 8.24. The van der Waals surface area contributed by atoms with E-state index in [2.05, 4.69) is 20.0 Å². The molecular weight excluding hydrogens is 428 g/mol. The Morgan fingerprint density at radius 3 is 2.27 bits per heavy atom. The van der Waals surface area contributed by atoms with Gasteiger partial charge in [0.1, 0.15) is 5.82 Å². The zero-order valence-electron chi connectivity index (χ0n) is 15.3. The van der Waals surface area contributed by atoms with Crippen molar-refractivity contribution >= 4 is 45.4 Å². The normalized spacial score (nSPS) is 10.9. The van der Waals surface area contributed by atoms with E-state index < -0.39 is 21.5 Å². The molecule has 0 saturated heterocycles. The third-order valence-corrected chi connectivity index (χ3v) is 5.46. The maximum Gasteiger partial charge on any atom is 0.262 e. The highest BCUT2D eigenvalue weighted by molar-refractivity contribution is 7.92. The molecule has 1 heterocycles. The number of aromatic nitrogens is 2. The van der Waals surface area contributed by atoms with Crippen LogP contribution in [0.3, 0.4) is 0 Å². The number of H-pyrrole nitrogens is 2. The number of ketones is 1. The zero-order valence-corrected chi connectivity index (χ0v) is 17.0. The van der Waals surface area contributed by atoms with Crippen LogP contribution in [0.1, 0.15) is 16.8 Å². The van der Waals surface area contributed by atoms with Crippen molar-refractivity contribution in [1.29, 1.82) is 0 Å². The summed E-state index contributed by atoms with van der Waals surface area (Å²) in [6.45, 7) is 0. The maximum absolute atomic E-state index is 12.5. The number of hydrogen-bond acceptors (Lipinski definition) is 6. The highest BCUT2D eigenvalue weighted by atomic mass is 32.2. The summed E-state index contributed by atoms with van der Waals surface area (Å²) in [7, 11) is -3.99. The minimum Gasteiger partial charge on any atom is -0.326 e. The van der Waals surface area contributed by atoms with Crippen molar-refractivity contribution in [2.75, 3.05) is 10.0 Å². The summed E-state index contributed by atoms with van der Waals surface area (Å²) in [4.78, 5) is 40.3. The molecule has 0 aliphatic carbocycles. The summed E-state index contributed by atoms with van der Waals surface area (Å²) >= 11 is 4.80. The van der Waals surface area contributed by atoms with Crippen LogP contribution in [0.15, 0.2) is 70.4 Å². The lowest BCUT2D eigenvalue weighted by Gasteiger charge is -2.09. The predicted molar refractivity (Wildman–Crippen MR) is 114 cm³/mol. The van der Waals surface area contributed by atoms with Gasteiger partial charge >= 0.3 is 0 Å². The monoisotopic (exact) mass is 444 g/mol. The second-order valence-electron chi connectivity index (χ2n) is 6.15. The smallest absolute Gasteiger partial charge is 0.262 e. The number of sulfonamides is 1. The lowest BCUT2D eigenvalue weighted by molar-refractivity contribution is -0.115. The molecule has 0 atom stereocenters. The van der Waals surface area contributed by atoms with Crippen molar-refractivity contribution in [3.8, 4) is 0 Å². The van der Waals surface area contributed by atoms with E-state index in [0.717, 1.165) is 6.07 Å². The molecule has 1 aromatic heterocycles. The number of carbonyl (C=O) groups is 2. The average molecular weight is 444 g/mol. The molecule has 0 aliphatic heterocycles. The molecule has 2 aromatic carbocycles. The first-order chi connectivity index (χ1) is 14.2. The maximum atomic E-state index is 12.5. The zero-order chi connectivity index (χ0) is 21.7. The van der Waals surface area contributed by atoms with E-state index in [1.807, 2.05) is 0 Å². The van der Waals surface area contributed by atoms with E-state index in [1.165, 1.54) is 24.3 Å². The number of Topliss-reactive ketones (excluding diaryl/α,β-unsaturated/α-hetero) is 1. The number of benzene rings is 2. The summed E-state index contributed by atoms with van der Waals surface area (Å²) in [6, 6.07) is 14.8. The predicted octanol–water partition coefficient (Wildman–Crippen LogP) is 2.44. The highest BCUT2D eigenvalue weighted by Gasteiger charge is 2.16. The molecular formula is C19H16N4O5S2. The van der Waals surface area contributed by atoms with Crippen LogP contribution >= 0.6 is 12.2 Å². The Hall–Kier alpha value is -3.57. The molecule has 3 aromatic rings. The topological polar surface area (TPSA) is 141 Å². The quantitative estimate of drug-likeness (QED) is 0.251.